The van der Waals surface area contributed by atoms with Crippen molar-refractivity contribution in [3.63, 3.8) is 0 Å². The molecule has 4 rings (SSSR count). The zero-order chi connectivity index (χ0) is 16.2. The van der Waals surface area contributed by atoms with Gasteiger partial charge in [-0.15, -0.1) is 0 Å². The van der Waals surface area contributed by atoms with E-state index >= 15 is 0 Å². The molecule has 5 nitrogen and oxygen atoms in total. The number of ether oxygens (including phenoxy) is 1. The van der Waals surface area contributed by atoms with Crippen molar-refractivity contribution in [3.8, 4) is 0 Å². The summed E-state index contributed by atoms with van der Waals surface area (Å²) in [7, 11) is -5.80. The zero-order valence-corrected chi connectivity index (χ0v) is 12.9. The van der Waals surface area contributed by atoms with Crippen molar-refractivity contribution in [1.29, 1.82) is 0 Å². The first-order chi connectivity index (χ1) is 10.1. The van der Waals surface area contributed by atoms with Gasteiger partial charge >= 0.3 is 21.3 Å². The Labute approximate surface area is 128 Å². The first-order valence-corrected chi connectivity index (χ1v) is 9.07. The van der Waals surface area contributed by atoms with Crippen molar-refractivity contribution in [2.75, 3.05) is 6.61 Å². The van der Waals surface area contributed by atoms with Crippen LogP contribution >= 0.6 is 0 Å². The van der Waals surface area contributed by atoms with Gasteiger partial charge in [-0.3, -0.25) is 4.55 Å². The van der Waals surface area contributed by atoms with E-state index in [2.05, 4.69) is 4.74 Å². The maximum Gasteiger partial charge on any atom is 0.465 e. The quantitative estimate of drug-likeness (QED) is 0.629. The van der Waals surface area contributed by atoms with Gasteiger partial charge < -0.3 is 4.74 Å². The van der Waals surface area contributed by atoms with Gasteiger partial charge in [0.15, 0.2) is 0 Å². The van der Waals surface area contributed by atoms with E-state index in [0.29, 0.717) is 17.8 Å². The lowest BCUT2D eigenvalue weighted by Gasteiger charge is -2.44. The highest BCUT2D eigenvalue weighted by molar-refractivity contribution is 7.87. The van der Waals surface area contributed by atoms with Gasteiger partial charge in [-0.05, 0) is 62.7 Å². The molecule has 8 heteroatoms. The zero-order valence-electron chi connectivity index (χ0n) is 12.1. The van der Waals surface area contributed by atoms with Crippen LogP contribution in [-0.4, -0.2) is 30.8 Å². The Morgan fingerprint density at radius 1 is 1.18 bits per heavy atom. The van der Waals surface area contributed by atoms with E-state index in [1.807, 2.05) is 0 Å². The fraction of sp³-hybridized carbons (Fsp3) is 0.929. The molecule has 2 unspecified atom stereocenters. The molecule has 0 heterocycles. The monoisotopic (exact) mass is 338 g/mol. The van der Waals surface area contributed by atoms with Crippen LogP contribution in [0.3, 0.4) is 0 Å². The first-order valence-electron chi connectivity index (χ1n) is 7.63. The second kappa shape index (κ2) is 5.12. The number of hydrogen-bond donors (Lipinski definition) is 1. The van der Waals surface area contributed by atoms with E-state index < -0.39 is 21.3 Å². The van der Waals surface area contributed by atoms with Crippen molar-refractivity contribution >= 4 is 16.1 Å². The van der Waals surface area contributed by atoms with E-state index in [1.54, 1.807) is 0 Å². The number of carbonyl (C=O) groups is 1. The topological polar surface area (TPSA) is 80.7 Å². The van der Waals surface area contributed by atoms with Crippen LogP contribution in [0.15, 0.2) is 0 Å². The predicted molar refractivity (Wildman–Crippen MR) is 72.7 cm³/mol. The number of esters is 1. The maximum atomic E-state index is 13.3. The molecule has 4 saturated carbocycles. The van der Waals surface area contributed by atoms with Crippen LogP contribution in [0.4, 0.5) is 8.78 Å². The van der Waals surface area contributed by atoms with E-state index in [0.717, 1.165) is 44.9 Å². The molecule has 0 aliphatic heterocycles. The molecule has 22 heavy (non-hydrogen) atoms. The summed E-state index contributed by atoms with van der Waals surface area (Å²) < 4.78 is 60.7. The number of alkyl halides is 2. The minimum Gasteiger partial charge on any atom is -0.460 e. The molecule has 0 saturated heterocycles. The van der Waals surface area contributed by atoms with Crippen molar-refractivity contribution < 1.29 is 31.3 Å². The Balaban J connectivity index is 1.70. The second-order valence-electron chi connectivity index (χ2n) is 7.32. The molecule has 4 bridgehead atoms. The number of carbonyl (C=O) groups excluding carboxylic acids is 1. The lowest BCUT2D eigenvalue weighted by molar-refractivity contribution is -0.167. The van der Waals surface area contributed by atoms with Gasteiger partial charge in [-0.2, -0.15) is 17.2 Å². The van der Waals surface area contributed by atoms with Crippen LogP contribution in [0.25, 0.3) is 0 Å². The fourth-order valence-electron chi connectivity index (χ4n) is 4.89. The van der Waals surface area contributed by atoms with Crippen LogP contribution in [0, 0.1) is 23.2 Å². The molecule has 126 valence electrons. The summed E-state index contributed by atoms with van der Waals surface area (Å²) in [5.41, 5.74) is -0.302. The number of fused-ring (bicyclic) bond motifs is 1. The van der Waals surface area contributed by atoms with Gasteiger partial charge in [0.1, 0.15) is 0 Å². The number of halogens is 2. The number of hydrogen-bond acceptors (Lipinski definition) is 4. The fourth-order valence-corrected chi connectivity index (χ4v) is 5.16. The standard InChI is InChI=1S/C14H20F2O5S/c15-14(16,22(18,19)20)12(17)21-8-13-2-1-9-3-10(6-13)5-11(4-9)7-13/h9-11H,1-8H2,(H,18,19,20). The Morgan fingerprint density at radius 3 is 2.27 bits per heavy atom. The predicted octanol–water partition coefficient (Wildman–Crippen LogP) is 2.62. The summed E-state index contributed by atoms with van der Waals surface area (Å²) in [5, 5.41) is -4.90. The third-order valence-electron chi connectivity index (χ3n) is 5.60. The molecule has 0 spiro atoms. The largest absolute Gasteiger partial charge is 0.465 e. The third-order valence-corrected chi connectivity index (χ3v) is 6.41. The minimum atomic E-state index is -5.80. The van der Waals surface area contributed by atoms with Crippen LogP contribution in [0.5, 0.6) is 0 Å². The van der Waals surface area contributed by atoms with Crippen molar-refractivity contribution in [2.24, 2.45) is 23.2 Å². The smallest absolute Gasteiger partial charge is 0.460 e. The van der Waals surface area contributed by atoms with Gasteiger partial charge in [0.2, 0.25) is 0 Å². The van der Waals surface area contributed by atoms with Crippen LogP contribution in [0.2, 0.25) is 0 Å². The Hall–Kier alpha value is -0.760. The normalized spacial score (nSPS) is 37.9. The van der Waals surface area contributed by atoms with Gasteiger partial charge in [0, 0.05) is 5.41 Å². The average molecular weight is 338 g/mol. The molecule has 4 fully saturated rings. The van der Waals surface area contributed by atoms with E-state index in [-0.39, 0.29) is 12.0 Å². The van der Waals surface area contributed by atoms with E-state index in [4.69, 9.17) is 4.55 Å². The van der Waals surface area contributed by atoms with Gasteiger partial charge in [-0.1, -0.05) is 0 Å². The van der Waals surface area contributed by atoms with E-state index in [1.165, 1.54) is 0 Å². The molecule has 1 N–H and O–H groups in total. The van der Waals surface area contributed by atoms with Crippen molar-refractivity contribution in [1.82, 2.24) is 0 Å². The third kappa shape index (κ3) is 2.75. The highest BCUT2D eigenvalue weighted by atomic mass is 32.2. The Morgan fingerprint density at radius 2 is 1.73 bits per heavy atom. The molecule has 0 aromatic heterocycles. The molecule has 0 aromatic carbocycles. The molecule has 4 aliphatic carbocycles. The lowest BCUT2D eigenvalue weighted by atomic mass is 9.62. The Kier molecular flexibility index (Phi) is 3.75. The summed E-state index contributed by atoms with van der Waals surface area (Å²) in [6.07, 6.45) is 7.03. The second-order valence-corrected chi connectivity index (χ2v) is 8.78. The highest BCUT2D eigenvalue weighted by Crippen LogP contribution is 2.57. The molecular weight excluding hydrogens is 318 g/mol. The first kappa shape index (κ1) is 16.1. The number of rotatable bonds is 4. The minimum absolute atomic E-state index is 0.184. The van der Waals surface area contributed by atoms with Gasteiger partial charge in [0.25, 0.3) is 0 Å². The summed E-state index contributed by atoms with van der Waals surface area (Å²) in [4.78, 5) is 11.4. The maximum absolute atomic E-state index is 13.3. The summed E-state index contributed by atoms with van der Waals surface area (Å²) in [6, 6.07) is 0. The van der Waals surface area contributed by atoms with Gasteiger partial charge in [0.05, 0.1) is 6.61 Å². The Bertz CT molecular complexity index is 560. The SMILES string of the molecule is O=C(OCC12CCC3CC(CC(C3)C1)C2)C(F)(F)S(=O)(=O)O. The van der Waals surface area contributed by atoms with Crippen LogP contribution in [0.1, 0.15) is 44.9 Å². The van der Waals surface area contributed by atoms with Crippen molar-refractivity contribution in [2.45, 2.75) is 50.2 Å². The molecule has 4 aliphatic rings. The van der Waals surface area contributed by atoms with Crippen LogP contribution < -0.4 is 0 Å². The molecular formula is C14H20F2O5S. The molecule has 0 radical (unpaired) electrons. The highest BCUT2D eigenvalue weighted by Gasteiger charge is 2.55. The molecule has 0 amide bonds. The lowest BCUT2D eigenvalue weighted by Crippen LogP contribution is -2.43. The summed E-state index contributed by atoms with van der Waals surface area (Å²) in [6.45, 7) is -0.184. The summed E-state index contributed by atoms with van der Waals surface area (Å²) in [5.74, 6) is -0.382. The molecule has 2 atom stereocenters. The molecule has 0 aromatic rings. The summed E-state index contributed by atoms with van der Waals surface area (Å²) >= 11 is 0. The van der Waals surface area contributed by atoms with E-state index in [9.17, 15) is 22.0 Å². The van der Waals surface area contributed by atoms with Crippen LogP contribution in [-0.2, 0) is 19.6 Å². The average Bonchev–Trinajstić information content (AvgIpc) is 2.59. The van der Waals surface area contributed by atoms with Crippen molar-refractivity contribution in [3.05, 3.63) is 0 Å². The van der Waals surface area contributed by atoms with Gasteiger partial charge in [-0.25, -0.2) is 4.79 Å².